The Morgan fingerprint density at radius 2 is 2.05 bits per heavy atom. The predicted molar refractivity (Wildman–Crippen MR) is 80.7 cm³/mol. The summed E-state index contributed by atoms with van der Waals surface area (Å²) in [6, 6.07) is 6.05. The van der Waals surface area contributed by atoms with E-state index >= 15 is 0 Å². The van der Waals surface area contributed by atoms with Crippen LogP contribution < -0.4 is 10.1 Å². The van der Waals surface area contributed by atoms with Gasteiger partial charge in [-0.3, -0.25) is 0 Å². The number of hydrogen-bond donors (Lipinski definition) is 1. The second-order valence-electron chi connectivity index (χ2n) is 7.17. The number of fused-ring (bicyclic) bond motifs is 2. The van der Waals surface area contributed by atoms with Crippen molar-refractivity contribution in [3.63, 3.8) is 0 Å². The van der Waals surface area contributed by atoms with E-state index in [1.54, 1.807) is 12.1 Å². The largest absolute Gasteiger partial charge is 0.490 e. The van der Waals surface area contributed by atoms with Crippen LogP contribution in [0.2, 0.25) is 0 Å². The molecule has 3 aliphatic carbocycles. The molecule has 0 aromatic heterocycles. The maximum atomic E-state index is 14.1. The number of nitrogens with one attached hydrogen (secondary N) is 1. The minimum absolute atomic E-state index is 0.215. The van der Waals surface area contributed by atoms with Gasteiger partial charge in [-0.15, -0.1) is 0 Å². The van der Waals surface area contributed by atoms with Crippen LogP contribution in [0.25, 0.3) is 0 Å². The number of halogens is 1. The molecular weight excluding hydrogens is 265 g/mol. The average Bonchev–Trinajstić information content (AvgIpc) is 3.09. The van der Waals surface area contributed by atoms with Gasteiger partial charge in [-0.2, -0.15) is 0 Å². The first-order valence-electron chi connectivity index (χ1n) is 8.42. The van der Waals surface area contributed by atoms with Crippen LogP contribution in [0.15, 0.2) is 18.2 Å². The maximum Gasteiger partial charge on any atom is 0.165 e. The maximum absolute atomic E-state index is 14.1. The number of ether oxygens (including phenoxy) is 1. The van der Waals surface area contributed by atoms with Crippen LogP contribution in [0.1, 0.15) is 44.1 Å². The molecule has 0 radical (unpaired) electrons. The molecule has 0 heterocycles. The third kappa shape index (κ3) is 3.08. The van der Waals surface area contributed by atoms with Crippen LogP contribution in [-0.4, -0.2) is 12.6 Å². The first-order valence-corrected chi connectivity index (χ1v) is 8.42. The SMILES string of the molecule is Fc1cc(CNC2CC2)ccc1OCC1CC2CCC1C2. The summed E-state index contributed by atoms with van der Waals surface area (Å²) in [4.78, 5) is 0. The molecule has 4 rings (SSSR count). The summed E-state index contributed by atoms with van der Waals surface area (Å²) in [6.07, 6.45) is 7.93. The van der Waals surface area contributed by atoms with Crippen molar-refractivity contribution in [3.05, 3.63) is 29.6 Å². The molecule has 114 valence electrons. The predicted octanol–water partition coefficient (Wildman–Crippen LogP) is 3.89. The van der Waals surface area contributed by atoms with Crippen molar-refractivity contribution < 1.29 is 9.13 Å². The van der Waals surface area contributed by atoms with E-state index in [0.717, 1.165) is 23.9 Å². The summed E-state index contributed by atoms with van der Waals surface area (Å²) in [7, 11) is 0. The zero-order valence-electron chi connectivity index (χ0n) is 12.5. The Kier molecular flexibility index (Phi) is 3.62. The minimum atomic E-state index is -0.215. The Balaban J connectivity index is 1.32. The van der Waals surface area contributed by atoms with Crippen LogP contribution in [0.5, 0.6) is 5.75 Å². The van der Waals surface area contributed by atoms with Crippen molar-refractivity contribution >= 4 is 0 Å². The fourth-order valence-corrected chi connectivity index (χ4v) is 4.10. The molecular formula is C18H24FNO. The lowest BCUT2D eigenvalue weighted by atomic mass is 9.89. The van der Waals surface area contributed by atoms with Crippen LogP contribution in [0.3, 0.4) is 0 Å². The highest BCUT2D eigenvalue weighted by Gasteiger charge is 2.39. The Labute approximate surface area is 126 Å². The second kappa shape index (κ2) is 5.60. The van der Waals surface area contributed by atoms with Crippen molar-refractivity contribution in [3.8, 4) is 5.75 Å². The molecule has 3 fully saturated rings. The van der Waals surface area contributed by atoms with Gasteiger partial charge in [-0.05, 0) is 67.6 Å². The molecule has 1 N–H and O–H groups in total. The molecule has 0 spiro atoms. The van der Waals surface area contributed by atoms with Crippen LogP contribution in [-0.2, 0) is 6.54 Å². The molecule has 3 unspecified atom stereocenters. The smallest absolute Gasteiger partial charge is 0.165 e. The first kappa shape index (κ1) is 13.6. The summed E-state index contributed by atoms with van der Waals surface area (Å²) in [6.45, 7) is 1.45. The van der Waals surface area contributed by atoms with E-state index in [4.69, 9.17) is 4.74 Å². The Bertz CT molecular complexity index is 514. The van der Waals surface area contributed by atoms with E-state index in [1.807, 2.05) is 6.07 Å². The van der Waals surface area contributed by atoms with Gasteiger partial charge in [-0.25, -0.2) is 4.39 Å². The van der Waals surface area contributed by atoms with Crippen molar-refractivity contribution in [2.24, 2.45) is 17.8 Å². The van der Waals surface area contributed by atoms with Crippen LogP contribution in [0.4, 0.5) is 4.39 Å². The molecule has 2 nitrogen and oxygen atoms in total. The third-order valence-electron chi connectivity index (χ3n) is 5.51. The number of rotatable bonds is 6. The van der Waals surface area contributed by atoms with E-state index in [-0.39, 0.29) is 5.82 Å². The highest BCUT2D eigenvalue weighted by Crippen LogP contribution is 2.48. The molecule has 3 atom stereocenters. The molecule has 0 aliphatic heterocycles. The van der Waals surface area contributed by atoms with Gasteiger partial charge in [0.25, 0.3) is 0 Å². The fourth-order valence-electron chi connectivity index (χ4n) is 4.10. The van der Waals surface area contributed by atoms with Crippen molar-refractivity contribution in [2.45, 2.75) is 51.1 Å². The highest BCUT2D eigenvalue weighted by atomic mass is 19.1. The van der Waals surface area contributed by atoms with Gasteiger partial charge in [-0.1, -0.05) is 12.5 Å². The zero-order chi connectivity index (χ0) is 14.2. The minimum Gasteiger partial charge on any atom is -0.490 e. The Morgan fingerprint density at radius 1 is 1.14 bits per heavy atom. The van der Waals surface area contributed by atoms with E-state index in [1.165, 1.54) is 38.5 Å². The summed E-state index contributed by atoms with van der Waals surface area (Å²) in [5, 5.41) is 3.41. The van der Waals surface area contributed by atoms with E-state index < -0.39 is 0 Å². The average molecular weight is 289 g/mol. The van der Waals surface area contributed by atoms with Gasteiger partial charge in [0.15, 0.2) is 11.6 Å². The van der Waals surface area contributed by atoms with Gasteiger partial charge < -0.3 is 10.1 Å². The summed E-state index contributed by atoms with van der Waals surface area (Å²) in [5.74, 6) is 2.62. The lowest BCUT2D eigenvalue weighted by Gasteiger charge is -2.22. The van der Waals surface area contributed by atoms with Gasteiger partial charge in [0, 0.05) is 12.6 Å². The Morgan fingerprint density at radius 3 is 2.71 bits per heavy atom. The lowest BCUT2D eigenvalue weighted by Crippen LogP contribution is -2.19. The van der Waals surface area contributed by atoms with E-state index in [2.05, 4.69) is 5.32 Å². The van der Waals surface area contributed by atoms with Crippen LogP contribution in [0, 0.1) is 23.6 Å². The molecule has 3 heteroatoms. The molecule has 21 heavy (non-hydrogen) atoms. The van der Waals surface area contributed by atoms with Gasteiger partial charge >= 0.3 is 0 Å². The van der Waals surface area contributed by atoms with Crippen molar-refractivity contribution in [1.29, 1.82) is 0 Å². The van der Waals surface area contributed by atoms with E-state index in [9.17, 15) is 4.39 Å². The van der Waals surface area contributed by atoms with Gasteiger partial charge in [0.05, 0.1) is 6.61 Å². The van der Waals surface area contributed by atoms with Crippen molar-refractivity contribution in [2.75, 3.05) is 6.61 Å². The monoisotopic (exact) mass is 289 g/mol. The molecule has 3 aliphatic rings. The van der Waals surface area contributed by atoms with Gasteiger partial charge in [0.2, 0.25) is 0 Å². The molecule has 2 bridgehead atoms. The second-order valence-corrected chi connectivity index (χ2v) is 7.17. The quantitative estimate of drug-likeness (QED) is 0.857. The molecule has 1 aromatic carbocycles. The fraction of sp³-hybridized carbons (Fsp3) is 0.667. The zero-order valence-corrected chi connectivity index (χ0v) is 12.5. The standard InChI is InChI=1S/C18H24FNO/c19-17-9-13(10-20-16-4-5-16)2-6-18(17)21-11-15-8-12-1-3-14(15)7-12/h2,6,9,12,14-16,20H,1,3-5,7-8,10-11H2. The molecule has 3 saturated carbocycles. The first-order chi connectivity index (χ1) is 10.3. The third-order valence-corrected chi connectivity index (χ3v) is 5.51. The molecule has 0 amide bonds. The van der Waals surface area contributed by atoms with Crippen LogP contribution >= 0.6 is 0 Å². The number of hydrogen-bond acceptors (Lipinski definition) is 2. The topological polar surface area (TPSA) is 21.3 Å². The summed E-state index contributed by atoms with van der Waals surface area (Å²) >= 11 is 0. The Hall–Kier alpha value is -1.09. The van der Waals surface area contributed by atoms with E-state index in [0.29, 0.717) is 24.3 Å². The molecule has 1 aromatic rings. The number of benzene rings is 1. The summed E-state index contributed by atoms with van der Waals surface area (Å²) < 4.78 is 19.9. The van der Waals surface area contributed by atoms with Gasteiger partial charge in [0.1, 0.15) is 0 Å². The van der Waals surface area contributed by atoms with Crippen molar-refractivity contribution in [1.82, 2.24) is 5.32 Å². The highest BCUT2D eigenvalue weighted by molar-refractivity contribution is 5.29. The summed E-state index contributed by atoms with van der Waals surface area (Å²) in [5.41, 5.74) is 1.01. The lowest BCUT2D eigenvalue weighted by molar-refractivity contribution is 0.189. The molecule has 0 saturated heterocycles. The normalized spacial score (nSPS) is 30.8.